The van der Waals surface area contributed by atoms with Gasteiger partial charge in [-0.3, -0.25) is 0 Å². The molecule has 0 aliphatic heterocycles. The zero-order chi connectivity index (χ0) is 19.4. The van der Waals surface area contributed by atoms with Crippen LogP contribution in [0.5, 0.6) is 11.5 Å². The van der Waals surface area contributed by atoms with Gasteiger partial charge in [0, 0.05) is 6.54 Å². The number of rotatable bonds is 6. The molecule has 0 aromatic heterocycles. The van der Waals surface area contributed by atoms with Crippen LogP contribution in [0.15, 0.2) is 71.6 Å². The van der Waals surface area contributed by atoms with Crippen LogP contribution in [0.2, 0.25) is 0 Å². The molecular formula is C19H14F3NO3S. The van der Waals surface area contributed by atoms with Crippen LogP contribution in [0.1, 0.15) is 5.56 Å². The summed E-state index contributed by atoms with van der Waals surface area (Å²) < 4.78 is 72.0. The van der Waals surface area contributed by atoms with Crippen molar-refractivity contribution in [3.63, 3.8) is 0 Å². The maximum atomic E-state index is 13.7. The molecule has 1 N–H and O–H groups in total. The highest BCUT2D eigenvalue weighted by molar-refractivity contribution is 7.89. The number of halogens is 3. The molecule has 0 amide bonds. The molecule has 0 aliphatic carbocycles. The second-order valence-corrected chi connectivity index (χ2v) is 7.34. The molecule has 0 radical (unpaired) electrons. The van der Waals surface area contributed by atoms with Gasteiger partial charge in [0.2, 0.25) is 10.0 Å². The number of nitrogens with one attached hydrogen (secondary N) is 1. The molecule has 27 heavy (non-hydrogen) atoms. The molecule has 0 saturated carbocycles. The fourth-order valence-corrected chi connectivity index (χ4v) is 3.40. The second kappa shape index (κ2) is 7.81. The summed E-state index contributed by atoms with van der Waals surface area (Å²) >= 11 is 0. The largest absolute Gasteiger partial charge is 0.457 e. The molecule has 0 fully saturated rings. The van der Waals surface area contributed by atoms with Crippen LogP contribution in [0.4, 0.5) is 13.2 Å². The van der Waals surface area contributed by atoms with Gasteiger partial charge in [-0.1, -0.05) is 12.1 Å². The molecule has 3 rings (SSSR count). The van der Waals surface area contributed by atoms with Gasteiger partial charge in [0.1, 0.15) is 33.8 Å². The summed E-state index contributed by atoms with van der Waals surface area (Å²) in [4.78, 5) is -0.763. The summed E-state index contributed by atoms with van der Waals surface area (Å²) in [6, 6.07) is 14.1. The van der Waals surface area contributed by atoms with E-state index in [-0.39, 0.29) is 6.54 Å². The molecule has 0 unspecified atom stereocenters. The molecule has 0 atom stereocenters. The fraction of sp³-hybridized carbons (Fsp3) is 0.0526. The van der Waals surface area contributed by atoms with Crippen LogP contribution in [0.25, 0.3) is 0 Å². The van der Waals surface area contributed by atoms with E-state index in [9.17, 15) is 21.6 Å². The van der Waals surface area contributed by atoms with E-state index < -0.39 is 32.4 Å². The summed E-state index contributed by atoms with van der Waals surface area (Å²) in [5.41, 5.74) is 0.537. The summed E-state index contributed by atoms with van der Waals surface area (Å²) in [6.07, 6.45) is 0. The lowest BCUT2D eigenvalue weighted by Gasteiger charge is -2.10. The minimum Gasteiger partial charge on any atom is -0.457 e. The van der Waals surface area contributed by atoms with Gasteiger partial charge in [0.05, 0.1) is 0 Å². The number of hydrogen-bond acceptors (Lipinski definition) is 3. The lowest BCUT2D eigenvalue weighted by atomic mass is 10.2. The van der Waals surface area contributed by atoms with Gasteiger partial charge >= 0.3 is 0 Å². The summed E-state index contributed by atoms with van der Waals surface area (Å²) in [6.45, 7) is -0.154. The molecule has 4 nitrogen and oxygen atoms in total. The maximum Gasteiger partial charge on any atom is 0.243 e. The highest BCUT2D eigenvalue weighted by atomic mass is 32.2. The normalized spacial score (nSPS) is 11.4. The van der Waals surface area contributed by atoms with Gasteiger partial charge in [0.15, 0.2) is 0 Å². The predicted molar refractivity (Wildman–Crippen MR) is 93.3 cm³/mol. The number of ether oxygens (including phenoxy) is 1. The van der Waals surface area contributed by atoms with Crippen molar-refractivity contribution in [1.29, 1.82) is 0 Å². The molecule has 0 spiro atoms. The molecular weight excluding hydrogens is 379 g/mol. The van der Waals surface area contributed by atoms with Crippen molar-refractivity contribution in [2.24, 2.45) is 0 Å². The molecule has 3 aromatic rings. The van der Waals surface area contributed by atoms with E-state index in [4.69, 9.17) is 4.74 Å². The Kier molecular flexibility index (Phi) is 5.48. The fourth-order valence-electron chi connectivity index (χ4n) is 2.30. The number of benzene rings is 3. The average Bonchev–Trinajstić information content (AvgIpc) is 2.64. The summed E-state index contributed by atoms with van der Waals surface area (Å²) in [5.74, 6) is -1.47. The van der Waals surface area contributed by atoms with Crippen molar-refractivity contribution in [3.8, 4) is 11.5 Å². The lowest BCUT2D eigenvalue weighted by molar-refractivity contribution is 0.479. The molecule has 0 saturated heterocycles. The number of sulfonamides is 1. The van der Waals surface area contributed by atoms with E-state index in [2.05, 4.69) is 4.72 Å². The van der Waals surface area contributed by atoms with Crippen LogP contribution in [-0.2, 0) is 16.6 Å². The van der Waals surface area contributed by atoms with Crippen molar-refractivity contribution in [1.82, 2.24) is 4.72 Å². The zero-order valence-corrected chi connectivity index (χ0v) is 14.6. The predicted octanol–water partition coefficient (Wildman–Crippen LogP) is 4.37. The smallest absolute Gasteiger partial charge is 0.243 e. The lowest BCUT2D eigenvalue weighted by Crippen LogP contribution is -2.24. The SMILES string of the molecule is O=S(=O)(NCc1cccc(Oc2ccc(F)cc2)c1)c1cc(F)ccc1F. The third kappa shape index (κ3) is 4.87. The van der Waals surface area contributed by atoms with Gasteiger partial charge in [-0.05, 0) is 60.2 Å². The van der Waals surface area contributed by atoms with E-state index in [0.717, 1.165) is 12.1 Å². The van der Waals surface area contributed by atoms with Crippen LogP contribution >= 0.6 is 0 Å². The molecule has 0 bridgehead atoms. The topological polar surface area (TPSA) is 55.4 Å². The standard InChI is InChI=1S/C19H14F3NO3S/c20-14-4-7-16(8-5-14)26-17-3-1-2-13(10-17)12-23-27(24,25)19-11-15(21)6-9-18(19)22/h1-11,23H,12H2. The first-order valence-corrected chi connectivity index (χ1v) is 9.29. The third-order valence-corrected chi connectivity index (χ3v) is 5.01. The highest BCUT2D eigenvalue weighted by Gasteiger charge is 2.19. The molecule has 0 heterocycles. The van der Waals surface area contributed by atoms with E-state index >= 15 is 0 Å². The molecule has 0 aliphatic rings. The molecule has 140 valence electrons. The average molecular weight is 393 g/mol. The van der Waals surface area contributed by atoms with Gasteiger partial charge < -0.3 is 4.74 Å². The van der Waals surface area contributed by atoms with Crippen molar-refractivity contribution >= 4 is 10.0 Å². The van der Waals surface area contributed by atoms with Gasteiger partial charge in [0.25, 0.3) is 0 Å². The highest BCUT2D eigenvalue weighted by Crippen LogP contribution is 2.23. The second-order valence-electron chi connectivity index (χ2n) is 5.60. The first-order valence-electron chi connectivity index (χ1n) is 7.80. The van der Waals surface area contributed by atoms with E-state index in [1.165, 1.54) is 24.3 Å². The monoisotopic (exact) mass is 393 g/mol. The van der Waals surface area contributed by atoms with Crippen LogP contribution in [0, 0.1) is 17.5 Å². The molecule has 8 heteroatoms. The zero-order valence-electron chi connectivity index (χ0n) is 13.8. The van der Waals surface area contributed by atoms with Gasteiger partial charge in [-0.2, -0.15) is 0 Å². The van der Waals surface area contributed by atoms with E-state index in [1.54, 1.807) is 24.3 Å². The quantitative estimate of drug-likeness (QED) is 0.676. The van der Waals surface area contributed by atoms with Crippen LogP contribution < -0.4 is 9.46 Å². The van der Waals surface area contributed by atoms with Crippen molar-refractivity contribution in [2.75, 3.05) is 0 Å². The Bertz CT molecular complexity index is 1050. The Morgan fingerprint density at radius 3 is 2.26 bits per heavy atom. The van der Waals surface area contributed by atoms with Crippen LogP contribution in [0.3, 0.4) is 0 Å². The Morgan fingerprint density at radius 1 is 0.815 bits per heavy atom. The Balaban J connectivity index is 1.72. The van der Waals surface area contributed by atoms with Crippen molar-refractivity contribution in [3.05, 3.63) is 89.7 Å². The first kappa shape index (κ1) is 18.9. The third-order valence-electron chi connectivity index (χ3n) is 3.60. The minimum absolute atomic E-state index is 0.154. The van der Waals surface area contributed by atoms with Gasteiger partial charge in [-0.25, -0.2) is 26.3 Å². The van der Waals surface area contributed by atoms with Crippen molar-refractivity contribution in [2.45, 2.75) is 11.4 Å². The first-order chi connectivity index (χ1) is 12.8. The Morgan fingerprint density at radius 2 is 1.52 bits per heavy atom. The van der Waals surface area contributed by atoms with Crippen LogP contribution in [-0.4, -0.2) is 8.42 Å². The maximum absolute atomic E-state index is 13.7. The van der Waals surface area contributed by atoms with E-state index in [0.29, 0.717) is 23.1 Å². The minimum atomic E-state index is -4.24. The summed E-state index contributed by atoms with van der Waals surface area (Å²) in [5, 5.41) is 0. The summed E-state index contributed by atoms with van der Waals surface area (Å²) in [7, 11) is -4.24. The van der Waals surface area contributed by atoms with Gasteiger partial charge in [-0.15, -0.1) is 0 Å². The Labute approximate surface area is 154 Å². The molecule has 3 aromatic carbocycles. The Hall–Kier alpha value is -2.84. The van der Waals surface area contributed by atoms with Crippen molar-refractivity contribution < 1.29 is 26.3 Å². The van der Waals surface area contributed by atoms with E-state index in [1.807, 2.05) is 0 Å². The number of hydrogen-bond donors (Lipinski definition) is 1.